The zero-order valence-electron chi connectivity index (χ0n) is 12.7. The third-order valence-corrected chi connectivity index (χ3v) is 4.48. The molecule has 0 aromatic heterocycles. The van der Waals surface area contributed by atoms with E-state index >= 15 is 0 Å². The molecule has 2 rings (SSSR count). The number of benzene rings is 1. The van der Waals surface area contributed by atoms with Crippen molar-refractivity contribution in [3.63, 3.8) is 0 Å². The Labute approximate surface area is 131 Å². The molecule has 1 aromatic carbocycles. The van der Waals surface area contributed by atoms with Gasteiger partial charge in [-0.25, -0.2) is 0 Å². The lowest BCUT2D eigenvalue weighted by atomic mass is 10.1. The summed E-state index contributed by atoms with van der Waals surface area (Å²) in [5.41, 5.74) is 1.27. The third kappa shape index (κ3) is 4.21. The maximum Gasteiger partial charge on any atom is 0.125 e. The van der Waals surface area contributed by atoms with E-state index in [9.17, 15) is 0 Å². The van der Waals surface area contributed by atoms with E-state index in [0.29, 0.717) is 0 Å². The lowest BCUT2D eigenvalue weighted by Crippen LogP contribution is -2.45. The van der Waals surface area contributed by atoms with Gasteiger partial charge in [-0.15, -0.1) is 0 Å². The summed E-state index contributed by atoms with van der Waals surface area (Å²) in [6.45, 7) is 13.1. The van der Waals surface area contributed by atoms with Crippen LogP contribution in [-0.2, 0) is 6.54 Å². The van der Waals surface area contributed by atoms with Crippen LogP contribution in [0, 0.1) is 0 Å². The Bertz CT molecular complexity index is 428. The lowest BCUT2D eigenvalue weighted by Gasteiger charge is -2.34. The molecule has 0 atom stereocenters. The quantitative estimate of drug-likeness (QED) is 0.817. The third-order valence-electron chi connectivity index (χ3n) is 3.73. The van der Waals surface area contributed by atoms with Crippen molar-refractivity contribution in [2.24, 2.45) is 0 Å². The average Bonchev–Trinajstić information content (AvgIpc) is 2.43. The van der Waals surface area contributed by atoms with Gasteiger partial charge in [-0.2, -0.15) is 0 Å². The van der Waals surface area contributed by atoms with Crippen LogP contribution in [0.4, 0.5) is 0 Å². The number of halogens is 1. The number of rotatable bonds is 5. The molecule has 0 aliphatic carbocycles. The van der Waals surface area contributed by atoms with Crippen LogP contribution >= 0.6 is 15.9 Å². The molecule has 1 saturated heterocycles. The molecule has 1 aliphatic rings. The van der Waals surface area contributed by atoms with Gasteiger partial charge in [0.2, 0.25) is 0 Å². The largest absolute Gasteiger partial charge is 0.491 e. The highest BCUT2D eigenvalue weighted by molar-refractivity contribution is 9.10. The number of nitrogens with zero attached hydrogens (tertiary/aromatic N) is 2. The van der Waals surface area contributed by atoms with Crippen molar-refractivity contribution in [1.82, 2.24) is 9.80 Å². The minimum absolute atomic E-state index is 0.208. The van der Waals surface area contributed by atoms with Crippen LogP contribution < -0.4 is 4.74 Å². The maximum absolute atomic E-state index is 5.94. The second kappa shape index (κ2) is 7.43. The molecule has 1 aromatic rings. The van der Waals surface area contributed by atoms with E-state index in [2.05, 4.69) is 58.6 Å². The first-order valence-corrected chi connectivity index (χ1v) is 8.28. The van der Waals surface area contributed by atoms with Crippen LogP contribution in [-0.4, -0.2) is 48.6 Å². The Morgan fingerprint density at radius 2 is 1.80 bits per heavy atom. The molecule has 0 bridgehead atoms. The number of ether oxygens (including phenoxy) is 1. The molecule has 0 radical (unpaired) electrons. The number of hydrogen-bond acceptors (Lipinski definition) is 3. The van der Waals surface area contributed by atoms with E-state index in [-0.39, 0.29) is 6.10 Å². The molecule has 112 valence electrons. The fourth-order valence-electron chi connectivity index (χ4n) is 2.54. The van der Waals surface area contributed by atoms with Gasteiger partial charge in [-0.1, -0.05) is 28.9 Å². The predicted molar refractivity (Wildman–Crippen MR) is 87.3 cm³/mol. The minimum atomic E-state index is 0.208. The lowest BCUT2D eigenvalue weighted by molar-refractivity contribution is 0.129. The van der Waals surface area contributed by atoms with Gasteiger partial charge >= 0.3 is 0 Å². The molecule has 1 heterocycles. The van der Waals surface area contributed by atoms with Gasteiger partial charge in [0, 0.05) is 42.8 Å². The summed E-state index contributed by atoms with van der Waals surface area (Å²) in [5.74, 6) is 1.01. The van der Waals surface area contributed by atoms with Crippen molar-refractivity contribution in [3.05, 3.63) is 28.2 Å². The van der Waals surface area contributed by atoms with Crippen LogP contribution in [0.1, 0.15) is 26.3 Å². The fraction of sp³-hybridized carbons (Fsp3) is 0.625. The van der Waals surface area contributed by atoms with E-state index in [0.717, 1.165) is 36.4 Å². The van der Waals surface area contributed by atoms with Gasteiger partial charge < -0.3 is 9.64 Å². The summed E-state index contributed by atoms with van der Waals surface area (Å²) in [7, 11) is 0. The van der Waals surface area contributed by atoms with E-state index in [1.165, 1.54) is 18.7 Å². The molecule has 0 spiro atoms. The van der Waals surface area contributed by atoms with Gasteiger partial charge in [-0.3, -0.25) is 4.90 Å². The molecule has 20 heavy (non-hydrogen) atoms. The molecule has 0 N–H and O–H groups in total. The van der Waals surface area contributed by atoms with Gasteiger partial charge in [0.25, 0.3) is 0 Å². The Kier molecular flexibility index (Phi) is 5.87. The summed E-state index contributed by atoms with van der Waals surface area (Å²) in [6.07, 6.45) is 0.208. The Morgan fingerprint density at radius 3 is 2.40 bits per heavy atom. The van der Waals surface area contributed by atoms with Gasteiger partial charge in [0.15, 0.2) is 0 Å². The Hall–Kier alpha value is -0.580. The molecule has 0 amide bonds. The standard InChI is InChI=1S/C16H25BrN2O/c1-4-18-8-10-19(11-9-18)12-14-15(17)6-5-7-16(14)20-13(2)3/h5-7,13H,4,8-12H2,1-3H3. The van der Waals surface area contributed by atoms with Crippen LogP contribution in [0.25, 0.3) is 0 Å². The summed E-state index contributed by atoms with van der Waals surface area (Å²) < 4.78 is 7.09. The number of hydrogen-bond donors (Lipinski definition) is 0. The van der Waals surface area contributed by atoms with Crippen molar-refractivity contribution in [1.29, 1.82) is 0 Å². The van der Waals surface area contributed by atoms with Crippen LogP contribution in [0.3, 0.4) is 0 Å². The first kappa shape index (κ1) is 15.8. The van der Waals surface area contributed by atoms with E-state index in [1.54, 1.807) is 0 Å². The molecule has 0 saturated carbocycles. The minimum Gasteiger partial charge on any atom is -0.491 e. The Morgan fingerprint density at radius 1 is 1.15 bits per heavy atom. The Balaban J connectivity index is 2.05. The highest BCUT2D eigenvalue weighted by Crippen LogP contribution is 2.29. The van der Waals surface area contributed by atoms with Gasteiger partial charge in [-0.05, 0) is 32.5 Å². The zero-order valence-corrected chi connectivity index (χ0v) is 14.3. The molecule has 1 fully saturated rings. The topological polar surface area (TPSA) is 15.7 Å². The van der Waals surface area contributed by atoms with E-state index in [4.69, 9.17) is 4.74 Å². The summed E-state index contributed by atoms with van der Waals surface area (Å²) in [5, 5.41) is 0. The molecule has 1 aliphatic heterocycles. The normalized spacial score (nSPS) is 17.6. The van der Waals surface area contributed by atoms with E-state index < -0.39 is 0 Å². The summed E-state index contributed by atoms with van der Waals surface area (Å²) in [6, 6.07) is 6.22. The second-order valence-corrected chi connectivity index (χ2v) is 6.45. The molecule has 4 heteroatoms. The smallest absolute Gasteiger partial charge is 0.125 e. The predicted octanol–water partition coefficient (Wildman–Crippen LogP) is 3.37. The van der Waals surface area contributed by atoms with Crippen molar-refractivity contribution in [2.45, 2.75) is 33.4 Å². The molecular weight excluding hydrogens is 316 g/mol. The first-order chi connectivity index (χ1) is 9.60. The molecule has 0 unspecified atom stereocenters. The SMILES string of the molecule is CCN1CCN(Cc2c(Br)cccc2OC(C)C)CC1. The summed E-state index contributed by atoms with van der Waals surface area (Å²) >= 11 is 3.67. The molecule has 3 nitrogen and oxygen atoms in total. The molecular formula is C16H25BrN2O. The highest BCUT2D eigenvalue weighted by Gasteiger charge is 2.18. The van der Waals surface area contributed by atoms with Crippen LogP contribution in [0.15, 0.2) is 22.7 Å². The number of piperazine rings is 1. The zero-order chi connectivity index (χ0) is 14.5. The maximum atomic E-state index is 5.94. The first-order valence-electron chi connectivity index (χ1n) is 7.49. The highest BCUT2D eigenvalue weighted by atomic mass is 79.9. The van der Waals surface area contributed by atoms with Crippen molar-refractivity contribution in [3.8, 4) is 5.75 Å². The second-order valence-electron chi connectivity index (χ2n) is 5.59. The van der Waals surface area contributed by atoms with Crippen LogP contribution in [0.2, 0.25) is 0 Å². The van der Waals surface area contributed by atoms with Gasteiger partial charge in [0.1, 0.15) is 5.75 Å². The van der Waals surface area contributed by atoms with Crippen LogP contribution in [0.5, 0.6) is 5.75 Å². The van der Waals surface area contributed by atoms with Crippen molar-refractivity contribution in [2.75, 3.05) is 32.7 Å². The fourth-order valence-corrected chi connectivity index (χ4v) is 3.02. The monoisotopic (exact) mass is 340 g/mol. The summed E-state index contributed by atoms with van der Waals surface area (Å²) in [4.78, 5) is 5.02. The van der Waals surface area contributed by atoms with E-state index in [1.807, 2.05) is 6.07 Å². The van der Waals surface area contributed by atoms with Crippen molar-refractivity contribution < 1.29 is 4.74 Å². The van der Waals surface area contributed by atoms with Crippen molar-refractivity contribution >= 4 is 15.9 Å². The van der Waals surface area contributed by atoms with Gasteiger partial charge in [0.05, 0.1) is 6.10 Å². The average molecular weight is 341 g/mol. The number of likely N-dealkylation sites (N-methyl/N-ethyl adjacent to an activating group) is 1.